The zero-order valence-corrected chi connectivity index (χ0v) is 18.2. The Bertz CT molecular complexity index is 508. The van der Waals surface area contributed by atoms with E-state index < -0.39 is 24.2 Å². The van der Waals surface area contributed by atoms with E-state index in [1.807, 2.05) is 0 Å². The van der Waals surface area contributed by atoms with Gasteiger partial charge in [-0.1, -0.05) is 97.5 Å². The quantitative estimate of drug-likeness (QED) is 0.550. The Morgan fingerprint density at radius 2 is 0.952 bits per heavy atom. The largest absolute Gasteiger partial charge is 0.103 e. The van der Waals surface area contributed by atoms with Gasteiger partial charge in [0.1, 0.15) is 8.07 Å². The van der Waals surface area contributed by atoms with Crippen molar-refractivity contribution in [2.45, 2.75) is 65.2 Å². The average Bonchev–Trinajstić information content (AvgIpc) is 2.97. The van der Waals surface area contributed by atoms with E-state index in [1.54, 1.807) is 20.8 Å². The maximum absolute atomic E-state index is 2.59. The molecule has 0 N–H and O–H groups in total. The fourth-order valence-corrected chi connectivity index (χ4v) is 8.78. The second-order valence-corrected chi connectivity index (χ2v) is 23.9. The van der Waals surface area contributed by atoms with Gasteiger partial charge in [-0.15, -0.1) is 0 Å². The maximum Gasteiger partial charge on any atom is 0.103 e. The van der Waals surface area contributed by atoms with Gasteiger partial charge in [0, 0.05) is 0 Å². The minimum Gasteiger partial charge on any atom is -0.0816 e. The normalized spacial score (nSPS) is 20.2. The predicted octanol–water partition coefficient (Wildman–Crippen LogP) is 6.04. The molecule has 0 saturated heterocycles. The van der Waals surface area contributed by atoms with Gasteiger partial charge >= 0.3 is 0 Å². The van der Waals surface area contributed by atoms with Crippen LogP contribution in [-0.2, 0) is 0 Å². The molecule has 0 amide bonds. The lowest BCUT2D eigenvalue weighted by Gasteiger charge is -2.27. The molecule has 0 spiro atoms. The van der Waals surface area contributed by atoms with Crippen molar-refractivity contribution in [3.05, 3.63) is 45.1 Å². The molecule has 0 nitrogen and oxygen atoms in total. The van der Waals surface area contributed by atoms with E-state index in [-0.39, 0.29) is 0 Å². The van der Waals surface area contributed by atoms with Crippen LogP contribution in [0.3, 0.4) is 0 Å². The summed E-state index contributed by atoms with van der Waals surface area (Å²) in [5.41, 5.74) is 0. The molecule has 0 aromatic carbocycles. The molecule has 0 aliphatic heterocycles. The van der Waals surface area contributed by atoms with Gasteiger partial charge in [-0.25, -0.2) is 0 Å². The van der Waals surface area contributed by atoms with Gasteiger partial charge in [0.2, 0.25) is 0 Å². The van der Waals surface area contributed by atoms with Crippen LogP contribution in [0.2, 0.25) is 52.4 Å². The molecule has 21 heavy (non-hydrogen) atoms. The van der Waals surface area contributed by atoms with Crippen LogP contribution in [0.4, 0.5) is 0 Å². The van der Waals surface area contributed by atoms with Crippen LogP contribution in [0.25, 0.3) is 0 Å². The van der Waals surface area contributed by atoms with E-state index in [9.17, 15) is 0 Å². The summed E-state index contributed by atoms with van der Waals surface area (Å²) in [5.74, 6) is 0. The molecule has 0 aromatic heterocycles. The lowest BCUT2D eigenvalue weighted by atomic mass is 10.5. The van der Waals surface area contributed by atoms with Crippen molar-refractivity contribution < 1.29 is 0 Å². The smallest absolute Gasteiger partial charge is 0.0816 e. The molecule has 0 unspecified atom stereocenters. The minimum absolute atomic E-state index is 1.15. The van der Waals surface area contributed by atoms with Crippen molar-refractivity contribution in [2.75, 3.05) is 0 Å². The van der Waals surface area contributed by atoms with Crippen LogP contribution >= 0.6 is 0 Å². The molecule has 0 atom stereocenters. The molecular formula is C18H32Si3. The first kappa shape index (κ1) is 17.0. The molecular weight excluding hydrogens is 300 g/mol. The van der Waals surface area contributed by atoms with Gasteiger partial charge in [-0.2, -0.15) is 0 Å². The first-order chi connectivity index (χ1) is 9.42. The summed E-state index contributed by atoms with van der Waals surface area (Å²) in [6, 6.07) is 0. The molecule has 0 radical (unpaired) electrons. The Morgan fingerprint density at radius 1 is 0.619 bits per heavy atom. The molecule has 116 valence electrons. The van der Waals surface area contributed by atoms with E-state index >= 15 is 0 Å². The third-order valence-corrected chi connectivity index (χ3v) is 13.1. The Balaban J connectivity index is 2.23. The van der Waals surface area contributed by atoms with Gasteiger partial charge in [0.05, 0.1) is 16.1 Å². The van der Waals surface area contributed by atoms with Crippen molar-refractivity contribution in [2.24, 2.45) is 0 Å². The third kappa shape index (κ3) is 3.51. The lowest BCUT2D eigenvalue weighted by Crippen LogP contribution is -2.32. The van der Waals surface area contributed by atoms with E-state index in [0.717, 1.165) is 0 Å². The van der Waals surface area contributed by atoms with Gasteiger partial charge in [0.15, 0.2) is 0 Å². The summed E-state index contributed by atoms with van der Waals surface area (Å²) in [7, 11) is -3.71. The number of hydrogen-bond acceptors (Lipinski definition) is 0. The summed E-state index contributed by atoms with van der Waals surface area (Å²) in [5, 5.41) is 6.87. The highest BCUT2D eigenvalue weighted by molar-refractivity contribution is 6.92. The summed E-state index contributed by atoms with van der Waals surface area (Å²) in [6.45, 7) is 19.9. The van der Waals surface area contributed by atoms with Gasteiger partial charge in [0.25, 0.3) is 0 Å². The summed E-state index contributed by atoms with van der Waals surface area (Å²) in [6.07, 6.45) is 12.7. The second-order valence-electron chi connectivity index (χ2n) is 9.19. The number of hydrogen-bond donors (Lipinski definition) is 0. The molecule has 0 aromatic rings. The topological polar surface area (TPSA) is 0 Å². The molecule has 2 rings (SSSR count). The second kappa shape index (κ2) is 5.36. The zero-order valence-electron chi connectivity index (χ0n) is 15.2. The van der Waals surface area contributed by atoms with E-state index in [4.69, 9.17) is 0 Å². The fourth-order valence-electron chi connectivity index (χ4n) is 3.17. The highest BCUT2D eigenvalue weighted by atomic mass is 28.3. The predicted molar refractivity (Wildman–Crippen MR) is 106 cm³/mol. The Morgan fingerprint density at radius 3 is 1.19 bits per heavy atom. The Hall–Kier alpha value is -0.389. The molecule has 2 aliphatic carbocycles. The summed E-state index contributed by atoms with van der Waals surface area (Å²) >= 11 is 0. The first-order valence-electron chi connectivity index (χ1n) is 8.26. The fraction of sp³-hybridized carbons (Fsp3) is 0.556. The minimum atomic E-state index is -1.42. The monoisotopic (exact) mass is 332 g/mol. The van der Waals surface area contributed by atoms with Crippen molar-refractivity contribution >= 4 is 24.2 Å². The van der Waals surface area contributed by atoms with Gasteiger partial charge in [-0.05, 0) is 12.8 Å². The van der Waals surface area contributed by atoms with E-state index in [1.165, 1.54) is 12.8 Å². The van der Waals surface area contributed by atoms with Crippen molar-refractivity contribution in [1.82, 2.24) is 0 Å². The van der Waals surface area contributed by atoms with Crippen LogP contribution in [0.1, 0.15) is 12.8 Å². The zero-order chi connectivity index (χ0) is 16.1. The van der Waals surface area contributed by atoms with Crippen LogP contribution in [0.5, 0.6) is 0 Å². The standard InChI is InChI=1S/C18H32Si3/c1-19(2,3)15-9-11-17(13-15)21(7,8)18-12-10-16(14-18)20(4,5)6/h9-10,13-14H,11-12H2,1-8H3. The first-order valence-corrected chi connectivity index (χ1v) is 18.3. The molecule has 2 aliphatic rings. The van der Waals surface area contributed by atoms with E-state index in [0.29, 0.717) is 0 Å². The average molecular weight is 333 g/mol. The van der Waals surface area contributed by atoms with Crippen LogP contribution < -0.4 is 0 Å². The Labute approximate surface area is 134 Å². The molecule has 0 heterocycles. The maximum atomic E-state index is 2.59. The van der Waals surface area contributed by atoms with Crippen molar-refractivity contribution in [3.8, 4) is 0 Å². The van der Waals surface area contributed by atoms with Crippen LogP contribution in [-0.4, -0.2) is 24.2 Å². The SMILES string of the molecule is C[Si](C)(C)C1=CCC([Si](C)(C)C2=CC([Si](C)(C)C)=CC2)=C1. The molecule has 0 saturated carbocycles. The van der Waals surface area contributed by atoms with Gasteiger partial charge in [-0.3, -0.25) is 0 Å². The summed E-state index contributed by atoms with van der Waals surface area (Å²) < 4.78 is 0. The van der Waals surface area contributed by atoms with Gasteiger partial charge < -0.3 is 0 Å². The van der Waals surface area contributed by atoms with Crippen LogP contribution in [0.15, 0.2) is 45.1 Å². The van der Waals surface area contributed by atoms with Crippen molar-refractivity contribution in [1.29, 1.82) is 0 Å². The molecule has 0 fully saturated rings. The Kier molecular flexibility index (Phi) is 4.33. The van der Waals surface area contributed by atoms with E-state index in [2.05, 4.69) is 76.7 Å². The third-order valence-electron chi connectivity index (χ3n) is 5.08. The molecule has 3 heteroatoms. The summed E-state index contributed by atoms with van der Waals surface area (Å²) in [4.78, 5) is 0. The van der Waals surface area contributed by atoms with Crippen LogP contribution in [0, 0.1) is 0 Å². The highest BCUT2D eigenvalue weighted by Crippen LogP contribution is 2.39. The number of allylic oxidation sites excluding steroid dienone is 8. The number of rotatable bonds is 4. The molecule has 0 bridgehead atoms. The van der Waals surface area contributed by atoms with Crippen molar-refractivity contribution in [3.63, 3.8) is 0 Å². The highest BCUT2D eigenvalue weighted by Gasteiger charge is 2.35. The lowest BCUT2D eigenvalue weighted by molar-refractivity contribution is 1.30.